The van der Waals surface area contributed by atoms with Crippen LogP contribution in [0, 0.1) is 0 Å². The van der Waals surface area contributed by atoms with Crippen LogP contribution in [-0.2, 0) is 12.8 Å². The second-order valence-electron chi connectivity index (χ2n) is 5.12. The van der Waals surface area contributed by atoms with Gasteiger partial charge in [-0.2, -0.15) is 0 Å². The summed E-state index contributed by atoms with van der Waals surface area (Å²) in [5, 5.41) is 4.15. The van der Waals surface area contributed by atoms with E-state index in [0.717, 1.165) is 30.8 Å². The van der Waals surface area contributed by atoms with Gasteiger partial charge in [0.25, 0.3) is 0 Å². The van der Waals surface area contributed by atoms with Gasteiger partial charge in [-0.15, -0.1) is 0 Å². The van der Waals surface area contributed by atoms with Crippen molar-refractivity contribution in [2.24, 2.45) is 0 Å². The second-order valence-corrected chi connectivity index (χ2v) is 5.96. The number of pyridine rings is 1. The topological polar surface area (TPSA) is 50.7 Å². The van der Waals surface area contributed by atoms with Gasteiger partial charge in [-0.3, -0.25) is 0 Å². The molecule has 3 rings (SSSR count). The molecular weight excluding hydrogens is 307 g/mol. The number of hydrogen-bond donors (Lipinski definition) is 1. The van der Waals surface area contributed by atoms with Gasteiger partial charge in [0.2, 0.25) is 0 Å². The average Bonchev–Trinajstić information content (AvgIpc) is 2.71. The van der Waals surface area contributed by atoms with Crippen molar-refractivity contribution < 1.29 is 0 Å². The van der Waals surface area contributed by atoms with E-state index in [1.165, 1.54) is 18.4 Å². The minimum absolute atomic E-state index is 0.470. The first-order valence-corrected chi connectivity index (χ1v) is 7.83. The molecule has 1 N–H and O–H groups in total. The molecule has 0 bridgehead atoms. The lowest BCUT2D eigenvalue weighted by Crippen LogP contribution is -2.07. The molecule has 1 aliphatic rings. The fourth-order valence-corrected chi connectivity index (χ4v) is 3.13. The molecule has 2 heterocycles. The number of halogens is 2. The van der Waals surface area contributed by atoms with E-state index in [1.54, 1.807) is 12.3 Å². The molecule has 0 aliphatic heterocycles. The number of rotatable bonds is 2. The number of fused-ring (bicyclic) bond motifs is 1. The number of anilines is 1. The summed E-state index contributed by atoms with van der Waals surface area (Å²) in [6.45, 7) is 0. The molecule has 0 unspecified atom stereocenters. The van der Waals surface area contributed by atoms with Gasteiger partial charge in [0.1, 0.15) is 11.5 Å². The number of aryl methyl sites for hydroxylation is 1. The Morgan fingerprint density at radius 1 is 1.10 bits per heavy atom. The molecule has 0 amide bonds. The molecule has 0 aromatic carbocycles. The van der Waals surface area contributed by atoms with Crippen LogP contribution >= 0.6 is 23.2 Å². The SMILES string of the molecule is CNc1nc(-c2ncc(Cl)cc2Cl)nc2c1CCCCC2. The highest BCUT2D eigenvalue weighted by Crippen LogP contribution is 2.30. The molecule has 6 heteroatoms. The third kappa shape index (κ3) is 2.97. The first kappa shape index (κ1) is 14.5. The summed E-state index contributed by atoms with van der Waals surface area (Å²) in [4.78, 5) is 13.6. The van der Waals surface area contributed by atoms with Gasteiger partial charge in [-0.25, -0.2) is 15.0 Å². The van der Waals surface area contributed by atoms with Gasteiger partial charge in [0.15, 0.2) is 5.82 Å². The highest BCUT2D eigenvalue weighted by molar-refractivity contribution is 6.35. The van der Waals surface area contributed by atoms with Crippen molar-refractivity contribution in [3.05, 3.63) is 33.6 Å². The zero-order valence-corrected chi connectivity index (χ0v) is 13.3. The standard InChI is InChI=1S/C15H16Cl2N4/c1-18-14-10-5-3-2-4-6-12(10)20-15(21-14)13-11(17)7-9(16)8-19-13/h7-8H,2-6H2,1H3,(H,18,20,21). The maximum absolute atomic E-state index is 6.23. The zero-order valence-electron chi connectivity index (χ0n) is 11.8. The Morgan fingerprint density at radius 2 is 1.90 bits per heavy atom. The van der Waals surface area contributed by atoms with Crippen LogP contribution in [0.25, 0.3) is 11.5 Å². The minimum Gasteiger partial charge on any atom is -0.373 e. The third-order valence-corrected chi connectivity index (χ3v) is 4.18. The first-order chi connectivity index (χ1) is 10.2. The lowest BCUT2D eigenvalue weighted by Gasteiger charge is -2.13. The van der Waals surface area contributed by atoms with Gasteiger partial charge in [-0.05, 0) is 31.7 Å². The average molecular weight is 323 g/mol. The van der Waals surface area contributed by atoms with Crippen molar-refractivity contribution in [1.29, 1.82) is 0 Å². The summed E-state index contributed by atoms with van der Waals surface area (Å²) >= 11 is 12.1. The fourth-order valence-electron chi connectivity index (χ4n) is 2.66. The molecule has 110 valence electrons. The normalized spacial score (nSPS) is 14.4. The quantitative estimate of drug-likeness (QED) is 0.843. The zero-order chi connectivity index (χ0) is 14.8. The predicted octanol–water partition coefficient (Wildman–Crippen LogP) is 4.16. The number of hydrogen-bond acceptors (Lipinski definition) is 4. The van der Waals surface area contributed by atoms with Gasteiger partial charge in [0, 0.05) is 24.5 Å². The Kier molecular flexibility index (Phi) is 4.27. The van der Waals surface area contributed by atoms with E-state index in [2.05, 4.69) is 15.3 Å². The van der Waals surface area contributed by atoms with E-state index in [4.69, 9.17) is 28.2 Å². The number of nitrogens with one attached hydrogen (secondary N) is 1. The van der Waals surface area contributed by atoms with Crippen molar-refractivity contribution in [2.75, 3.05) is 12.4 Å². The Labute approximate surface area is 133 Å². The van der Waals surface area contributed by atoms with Crippen LogP contribution in [0.3, 0.4) is 0 Å². The lowest BCUT2D eigenvalue weighted by molar-refractivity contribution is 0.709. The van der Waals surface area contributed by atoms with Crippen LogP contribution < -0.4 is 5.32 Å². The molecule has 0 fully saturated rings. The highest BCUT2D eigenvalue weighted by atomic mass is 35.5. The van der Waals surface area contributed by atoms with E-state index in [-0.39, 0.29) is 0 Å². The van der Waals surface area contributed by atoms with Crippen LogP contribution in [-0.4, -0.2) is 22.0 Å². The Bertz CT molecular complexity index is 673. The molecule has 0 atom stereocenters. The molecule has 0 radical (unpaired) electrons. The van der Waals surface area contributed by atoms with Crippen molar-refractivity contribution >= 4 is 29.0 Å². The second kappa shape index (κ2) is 6.16. The van der Waals surface area contributed by atoms with E-state index >= 15 is 0 Å². The molecular formula is C15H16Cl2N4. The Hall–Kier alpha value is -1.39. The molecule has 0 spiro atoms. The summed E-state index contributed by atoms with van der Waals surface area (Å²) < 4.78 is 0. The predicted molar refractivity (Wildman–Crippen MR) is 86.1 cm³/mol. The summed E-state index contributed by atoms with van der Waals surface area (Å²) in [5.41, 5.74) is 2.91. The van der Waals surface area contributed by atoms with Gasteiger partial charge < -0.3 is 5.32 Å². The number of nitrogens with zero attached hydrogens (tertiary/aromatic N) is 3. The molecule has 1 aliphatic carbocycles. The van der Waals surface area contributed by atoms with E-state index in [0.29, 0.717) is 21.6 Å². The van der Waals surface area contributed by atoms with E-state index in [1.807, 2.05) is 7.05 Å². The maximum Gasteiger partial charge on any atom is 0.181 e. The van der Waals surface area contributed by atoms with Crippen molar-refractivity contribution in [3.63, 3.8) is 0 Å². The van der Waals surface area contributed by atoms with E-state index < -0.39 is 0 Å². The third-order valence-electron chi connectivity index (χ3n) is 3.69. The van der Waals surface area contributed by atoms with Crippen LogP contribution in [0.1, 0.15) is 30.5 Å². The molecule has 0 saturated carbocycles. The van der Waals surface area contributed by atoms with Crippen molar-refractivity contribution in [2.45, 2.75) is 32.1 Å². The van der Waals surface area contributed by atoms with Gasteiger partial charge in [0.05, 0.1) is 10.0 Å². The van der Waals surface area contributed by atoms with Crippen LogP contribution in [0.5, 0.6) is 0 Å². The first-order valence-electron chi connectivity index (χ1n) is 7.08. The molecule has 0 saturated heterocycles. The highest BCUT2D eigenvalue weighted by Gasteiger charge is 2.18. The maximum atomic E-state index is 6.23. The minimum atomic E-state index is 0.470. The largest absolute Gasteiger partial charge is 0.373 e. The smallest absolute Gasteiger partial charge is 0.181 e. The Morgan fingerprint density at radius 3 is 2.67 bits per heavy atom. The van der Waals surface area contributed by atoms with Crippen LogP contribution in [0.2, 0.25) is 10.0 Å². The fraction of sp³-hybridized carbons (Fsp3) is 0.400. The van der Waals surface area contributed by atoms with Crippen molar-refractivity contribution in [1.82, 2.24) is 15.0 Å². The summed E-state index contributed by atoms with van der Waals surface area (Å²) in [6, 6.07) is 1.67. The molecule has 2 aromatic rings. The summed E-state index contributed by atoms with van der Waals surface area (Å²) in [7, 11) is 1.88. The summed E-state index contributed by atoms with van der Waals surface area (Å²) in [6.07, 6.45) is 7.14. The molecule has 2 aromatic heterocycles. The van der Waals surface area contributed by atoms with E-state index in [9.17, 15) is 0 Å². The lowest BCUT2D eigenvalue weighted by atomic mass is 10.1. The summed E-state index contributed by atoms with van der Waals surface area (Å²) in [5.74, 6) is 1.44. The van der Waals surface area contributed by atoms with Crippen LogP contribution in [0.15, 0.2) is 12.3 Å². The van der Waals surface area contributed by atoms with Gasteiger partial charge >= 0.3 is 0 Å². The molecule has 4 nitrogen and oxygen atoms in total. The van der Waals surface area contributed by atoms with Crippen LogP contribution in [0.4, 0.5) is 5.82 Å². The number of aromatic nitrogens is 3. The van der Waals surface area contributed by atoms with Gasteiger partial charge in [-0.1, -0.05) is 29.6 Å². The molecule has 21 heavy (non-hydrogen) atoms. The van der Waals surface area contributed by atoms with Crippen molar-refractivity contribution in [3.8, 4) is 11.5 Å². The Balaban J connectivity index is 2.13. The monoisotopic (exact) mass is 322 g/mol.